The molecule has 2 aromatic carbocycles. The fourth-order valence-corrected chi connectivity index (χ4v) is 3.21. The average Bonchev–Trinajstić information content (AvgIpc) is 2.98. The van der Waals surface area contributed by atoms with Gasteiger partial charge in [-0.1, -0.05) is 42.5 Å². The lowest BCUT2D eigenvalue weighted by Crippen LogP contribution is -2.23. The first-order valence-electron chi connectivity index (χ1n) is 8.40. The van der Waals surface area contributed by atoms with Crippen LogP contribution in [0.25, 0.3) is 17.2 Å². The van der Waals surface area contributed by atoms with Crippen molar-refractivity contribution in [2.45, 2.75) is 13.5 Å². The second-order valence-corrected chi connectivity index (χ2v) is 6.80. The highest BCUT2D eigenvalue weighted by molar-refractivity contribution is 8.18. The lowest BCUT2D eigenvalue weighted by molar-refractivity contribution is -0.115. The first-order valence-corrected chi connectivity index (χ1v) is 9.21. The van der Waals surface area contributed by atoms with E-state index in [0.29, 0.717) is 11.4 Å². The van der Waals surface area contributed by atoms with E-state index in [1.165, 1.54) is 0 Å². The average molecular weight is 382 g/mol. The highest BCUT2D eigenvalue weighted by atomic mass is 32.2. The quantitative estimate of drug-likeness (QED) is 0.766. The molecule has 0 atom stereocenters. The minimum Gasteiger partial charge on any atom is -0.445 e. The lowest BCUT2D eigenvalue weighted by atomic mass is 10.0. The molecule has 27 heavy (non-hydrogen) atoms. The minimum absolute atomic E-state index is 0.199. The summed E-state index contributed by atoms with van der Waals surface area (Å²) in [6.45, 7) is 2.55. The number of carbonyl (C=O) groups excluding carboxylic acids is 3. The summed E-state index contributed by atoms with van der Waals surface area (Å²) in [4.78, 5) is 34.6. The summed E-state index contributed by atoms with van der Waals surface area (Å²) in [7, 11) is 0. The maximum Gasteiger partial charge on any atom is 0.407 e. The molecule has 1 heterocycles. The molecule has 3 rings (SSSR count). The molecule has 1 aliphatic heterocycles. The number of imide groups is 1. The highest BCUT2D eigenvalue weighted by Gasteiger charge is 2.24. The SMILES string of the molecule is CCNC(=O)OCc1cccc(-c2ccc(C=C3SC(=O)NC3=O)cc2)c1. The van der Waals surface area contributed by atoms with Gasteiger partial charge in [-0.3, -0.25) is 14.9 Å². The highest BCUT2D eigenvalue weighted by Crippen LogP contribution is 2.27. The van der Waals surface area contributed by atoms with Gasteiger partial charge in [-0.05, 0) is 53.1 Å². The van der Waals surface area contributed by atoms with Gasteiger partial charge in [-0.25, -0.2) is 4.79 Å². The van der Waals surface area contributed by atoms with E-state index in [1.807, 2.05) is 55.5 Å². The van der Waals surface area contributed by atoms with Crippen LogP contribution in [0.4, 0.5) is 9.59 Å². The second kappa shape index (κ2) is 8.55. The first kappa shape index (κ1) is 18.7. The number of thioether (sulfide) groups is 1. The molecule has 0 bridgehead atoms. The molecule has 3 amide bonds. The van der Waals surface area contributed by atoms with Gasteiger partial charge >= 0.3 is 6.09 Å². The van der Waals surface area contributed by atoms with E-state index in [1.54, 1.807) is 6.08 Å². The van der Waals surface area contributed by atoms with Crippen molar-refractivity contribution in [2.75, 3.05) is 6.54 Å². The zero-order valence-corrected chi connectivity index (χ0v) is 15.5. The van der Waals surface area contributed by atoms with Crippen LogP contribution in [0.2, 0.25) is 0 Å². The van der Waals surface area contributed by atoms with E-state index < -0.39 is 6.09 Å². The lowest BCUT2D eigenvalue weighted by Gasteiger charge is -2.08. The Bertz CT molecular complexity index is 906. The Morgan fingerprint density at radius 1 is 1.15 bits per heavy atom. The Balaban J connectivity index is 1.71. The van der Waals surface area contributed by atoms with Gasteiger partial charge in [0.25, 0.3) is 11.1 Å². The van der Waals surface area contributed by atoms with Crippen LogP contribution < -0.4 is 10.6 Å². The number of rotatable bonds is 5. The van der Waals surface area contributed by atoms with E-state index in [-0.39, 0.29) is 17.8 Å². The summed E-state index contributed by atoms with van der Waals surface area (Å²) in [5.74, 6) is -0.367. The van der Waals surface area contributed by atoms with Crippen molar-refractivity contribution in [2.24, 2.45) is 0 Å². The summed E-state index contributed by atoms with van der Waals surface area (Å²) in [6.07, 6.45) is 1.25. The van der Waals surface area contributed by atoms with Crippen molar-refractivity contribution in [1.29, 1.82) is 0 Å². The normalized spacial score (nSPS) is 14.9. The number of alkyl carbamates (subject to hydrolysis) is 1. The molecule has 2 aromatic rings. The molecule has 6 nitrogen and oxygen atoms in total. The molecular formula is C20H18N2O4S. The maximum atomic E-state index is 11.6. The Hall–Kier alpha value is -3.06. The van der Waals surface area contributed by atoms with E-state index in [4.69, 9.17) is 4.74 Å². The van der Waals surface area contributed by atoms with E-state index in [0.717, 1.165) is 34.0 Å². The number of ether oxygens (including phenoxy) is 1. The molecule has 0 aliphatic carbocycles. The summed E-state index contributed by atoms with van der Waals surface area (Å²) >= 11 is 0.897. The van der Waals surface area contributed by atoms with Gasteiger partial charge in [0.05, 0.1) is 4.91 Å². The fourth-order valence-electron chi connectivity index (χ4n) is 2.53. The number of benzene rings is 2. The third kappa shape index (κ3) is 4.98. The molecule has 138 valence electrons. The molecular weight excluding hydrogens is 364 g/mol. The van der Waals surface area contributed by atoms with E-state index in [9.17, 15) is 14.4 Å². The topological polar surface area (TPSA) is 84.5 Å². The molecule has 7 heteroatoms. The first-order chi connectivity index (χ1) is 13.0. The summed E-state index contributed by atoms with van der Waals surface area (Å²) in [5, 5.41) is 4.47. The van der Waals surface area contributed by atoms with Crippen LogP contribution in [0.15, 0.2) is 53.4 Å². The third-order valence-corrected chi connectivity index (χ3v) is 4.61. The predicted molar refractivity (Wildman–Crippen MR) is 105 cm³/mol. The van der Waals surface area contributed by atoms with Crippen LogP contribution in [-0.4, -0.2) is 23.8 Å². The van der Waals surface area contributed by atoms with E-state index >= 15 is 0 Å². The predicted octanol–water partition coefficient (Wildman–Crippen LogP) is 3.92. The van der Waals surface area contributed by atoms with Gasteiger partial charge < -0.3 is 10.1 Å². The maximum absolute atomic E-state index is 11.6. The number of hydrogen-bond acceptors (Lipinski definition) is 5. The van der Waals surface area contributed by atoms with Crippen LogP contribution in [-0.2, 0) is 16.1 Å². The molecule has 0 radical (unpaired) electrons. The molecule has 0 unspecified atom stereocenters. The molecule has 0 saturated carbocycles. The van der Waals surface area contributed by atoms with Crippen LogP contribution in [0.1, 0.15) is 18.1 Å². The summed E-state index contributed by atoms with van der Waals surface area (Å²) in [5.41, 5.74) is 3.72. The minimum atomic E-state index is -0.437. The Labute approximate surface area is 161 Å². The van der Waals surface area contributed by atoms with Gasteiger partial charge in [0.2, 0.25) is 0 Å². The Morgan fingerprint density at radius 2 is 1.93 bits per heavy atom. The van der Waals surface area contributed by atoms with Crippen molar-refractivity contribution in [3.63, 3.8) is 0 Å². The monoisotopic (exact) mass is 382 g/mol. The van der Waals surface area contributed by atoms with Crippen LogP contribution >= 0.6 is 11.8 Å². The Morgan fingerprint density at radius 3 is 2.59 bits per heavy atom. The van der Waals surface area contributed by atoms with E-state index in [2.05, 4.69) is 10.6 Å². The molecule has 2 N–H and O–H groups in total. The number of amides is 3. The van der Waals surface area contributed by atoms with Gasteiger partial charge in [0, 0.05) is 6.54 Å². The second-order valence-electron chi connectivity index (χ2n) is 5.78. The van der Waals surface area contributed by atoms with Gasteiger partial charge in [-0.2, -0.15) is 0 Å². The fraction of sp³-hybridized carbons (Fsp3) is 0.150. The molecule has 1 saturated heterocycles. The van der Waals surface area contributed by atoms with Crippen molar-refractivity contribution in [1.82, 2.24) is 10.6 Å². The standard InChI is InChI=1S/C20H18N2O4S/c1-2-21-19(24)26-12-14-4-3-5-16(10-14)15-8-6-13(7-9-15)11-17-18(23)22-20(25)27-17/h3-11H,2,12H2,1H3,(H,21,24)(H,22,23,25). The van der Waals surface area contributed by atoms with Crippen molar-refractivity contribution in [3.05, 3.63) is 64.6 Å². The van der Waals surface area contributed by atoms with Crippen molar-refractivity contribution >= 4 is 35.1 Å². The van der Waals surface area contributed by atoms with Gasteiger partial charge in [0.1, 0.15) is 6.61 Å². The number of nitrogens with one attached hydrogen (secondary N) is 2. The van der Waals surface area contributed by atoms with Gasteiger partial charge in [0.15, 0.2) is 0 Å². The van der Waals surface area contributed by atoms with Crippen molar-refractivity contribution in [3.8, 4) is 11.1 Å². The van der Waals surface area contributed by atoms with Crippen LogP contribution in [0, 0.1) is 0 Å². The molecule has 0 spiro atoms. The Kier molecular flexibility index (Phi) is 5.93. The van der Waals surface area contributed by atoms with Crippen molar-refractivity contribution < 1.29 is 19.1 Å². The van der Waals surface area contributed by atoms with Crippen LogP contribution in [0.5, 0.6) is 0 Å². The zero-order valence-electron chi connectivity index (χ0n) is 14.7. The number of hydrogen-bond donors (Lipinski definition) is 2. The molecule has 1 fully saturated rings. The third-order valence-electron chi connectivity index (χ3n) is 3.80. The zero-order chi connectivity index (χ0) is 19.2. The van der Waals surface area contributed by atoms with Crippen LogP contribution in [0.3, 0.4) is 0 Å². The molecule has 1 aliphatic rings. The smallest absolute Gasteiger partial charge is 0.407 e. The summed E-state index contributed by atoms with van der Waals surface area (Å²) in [6, 6.07) is 15.4. The molecule has 0 aromatic heterocycles. The number of carbonyl (C=O) groups is 3. The van der Waals surface area contributed by atoms with Gasteiger partial charge in [-0.15, -0.1) is 0 Å². The largest absolute Gasteiger partial charge is 0.445 e. The summed E-state index contributed by atoms with van der Waals surface area (Å²) < 4.78 is 5.15.